The van der Waals surface area contributed by atoms with E-state index in [0.717, 1.165) is 0 Å². The molecule has 0 saturated carbocycles. The summed E-state index contributed by atoms with van der Waals surface area (Å²) in [4.78, 5) is 32.2. The van der Waals surface area contributed by atoms with Crippen molar-refractivity contribution in [3.63, 3.8) is 0 Å². The highest BCUT2D eigenvalue weighted by Crippen LogP contribution is 1.96. The molecule has 0 radical (unpaired) electrons. The van der Waals surface area contributed by atoms with Crippen LogP contribution in [0.1, 0.15) is 6.92 Å². The summed E-state index contributed by atoms with van der Waals surface area (Å²) in [5, 5.41) is 2.34. The van der Waals surface area contributed by atoms with E-state index in [4.69, 9.17) is 0 Å². The zero-order valence-corrected chi connectivity index (χ0v) is 10.9. The lowest BCUT2D eigenvalue weighted by Gasteiger charge is -2.13. The molecule has 0 rings (SSSR count). The number of hydrogen-bond acceptors (Lipinski definition) is 6. The summed E-state index contributed by atoms with van der Waals surface area (Å²) in [7, 11) is 0. The Morgan fingerprint density at radius 1 is 1.40 bits per heavy atom. The van der Waals surface area contributed by atoms with Gasteiger partial charge in [-0.3, -0.25) is 4.79 Å². The maximum Gasteiger partial charge on any atom is 0.369 e. The fourth-order valence-electron chi connectivity index (χ4n) is 0.659. The minimum absolute atomic E-state index is 0.108. The summed E-state index contributed by atoms with van der Waals surface area (Å²) in [6.07, 6.45) is 0. The molecule has 86 valence electrons. The number of carbonyl (C=O) groups is 3. The Hall–Kier alpha value is -0.510. The molecule has 6 nitrogen and oxygen atoms in total. The van der Waals surface area contributed by atoms with E-state index in [9.17, 15) is 14.4 Å². The monoisotopic (exact) mass is 347 g/mol. The van der Waals surface area contributed by atoms with E-state index < -0.39 is 22.8 Å². The van der Waals surface area contributed by atoms with Gasteiger partial charge in [-0.1, -0.05) is 0 Å². The third-order valence-corrected chi connectivity index (χ3v) is 1.89. The highest BCUT2D eigenvalue weighted by atomic mass is 127. The summed E-state index contributed by atoms with van der Waals surface area (Å²) in [6.45, 7) is 0.805. The molecule has 0 aliphatic carbocycles. The number of nitrogens with one attached hydrogen (secondary N) is 1. The Bertz CT molecular complexity index is 260. The van der Waals surface area contributed by atoms with Crippen molar-refractivity contribution in [1.29, 1.82) is 0 Å². The minimum atomic E-state index is -0.834. The molecular weight excluding hydrogens is 337 g/mol. The Labute approximate surface area is 106 Å². The average Bonchev–Trinajstić information content (AvgIpc) is 2.13. The van der Waals surface area contributed by atoms with Crippen molar-refractivity contribution in [2.75, 3.05) is 12.5 Å². The zero-order chi connectivity index (χ0) is 11.8. The number of esters is 1. The molecule has 0 spiro atoms. The first-order valence-electron chi connectivity index (χ1n) is 3.84. The topological polar surface area (TPSA) is 81.7 Å². The van der Waals surface area contributed by atoms with Crippen LogP contribution in [-0.4, -0.2) is 34.4 Å². The second kappa shape index (κ2) is 7.74. The van der Waals surface area contributed by atoms with Gasteiger partial charge in [0, 0.05) is 12.7 Å². The van der Waals surface area contributed by atoms with Crippen LogP contribution in [0, 0.1) is 0 Å². The van der Waals surface area contributed by atoms with E-state index >= 15 is 0 Å². The number of carbonyl (C=O) groups excluding carboxylic acids is 3. The van der Waals surface area contributed by atoms with Crippen molar-refractivity contribution in [1.82, 2.24) is 5.32 Å². The van der Waals surface area contributed by atoms with Crippen LogP contribution in [0.3, 0.4) is 0 Å². The maximum absolute atomic E-state index is 11.2. The van der Waals surface area contributed by atoms with Crippen LogP contribution in [0.15, 0.2) is 0 Å². The van der Waals surface area contributed by atoms with Gasteiger partial charge in [-0.25, -0.2) is 9.59 Å². The summed E-state index contributed by atoms with van der Waals surface area (Å²) >= 11 is 5.27. The Kier molecular flexibility index (Phi) is 7.48. The second-order valence-corrected chi connectivity index (χ2v) is 3.64. The van der Waals surface area contributed by atoms with Crippen molar-refractivity contribution in [3.8, 4) is 0 Å². The van der Waals surface area contributed by atoms with Crippen LogP contribution in [0.25, 0.3) is 0 Å². The van der Waals surface area contributed by atoms with Gasteiger partial charge in [-0.15, -0.1) is 0 Å². The summed E-state index contributed by atoms with van der Waals surface area (Å²) in [6, 6.07) is -0.834. The van der Waals surface area contributed by atoms with Gasteiger partial charge in [-0.05, 0) is 0 Å². The molecule has 0 aromatic carbocycles. The fraction of sp³-hybridized carbons (Fsp3) is 0.571. The molecule has 0 aromatic heterocycles. The molecule has 0 aromatic rings. The number of halogens is 1. The van der Waals surface area contributed by atoms with Gasteiger partial charge in [-0.2, -0.15) is 12.6 Å². The molecule has 1 atom stereocenters. The van der Waals surface area contributed by atoms with Crippen LogP contribution in [0.5, 0.6) is 0 Å². The number of rotatable bonds is 5. The van der Waals surface area contributed by atoms with Gasteiger partial charge in [0.2, 0.25) is 12.7 Å². The van der Waals surface area contributed by atoms with Gasteiger partial charge in [0.25, 0.3) is 0 Å². The smallest absolute Gasteiger partial charge is 0.369 e. The van der Waals surface area contributed by atoms with Gasteiger partial charge >= 0.3 is 9.95 Å². The molecule has 0 bridgehead atoms. The lowest BCUT2D eigenvalue weighted by atomic mass is 10.3. The lowest BCUT2D eigenvalue weighted by molar-refractivity contribution is -0.154. The number of thiol groups is 1. The predicted molar refractivity (Wildman–Crippen MR) is 62.9 cm³/mol. The molecule has 1 amide bonds. The molecule has 0 aliphatic heterocycles. The number of amides is 1. The molecule has 0 saturated heterocycles. The Morgan fingerprint density at radius 2 is 2.00 bits per heavy atom. The lowest BCUT2D eigenvalue weighted by Crippen LogP contribution is -2.42. The quantitative estimate of drug-likeness (QED) is 0.249. The molecule has 0 heterocycles. The summed E-state index contributed by atoms with van der Waals surface area (Å²) in [5.74, 6) is -0.953. The highest BCUT2D eigenvalue weighted by molar-refractivity contribution is 14.1. The van der Waals surface area contributed by atoms with Gasteiger partial charge < -0.3 is 14.8 Å². The fourth-order valence-corrected chi connectivity index (χ4v) is 1.03. The zero-order valence-electron chi connectivity index (χ0n) is 7.86. The molecule has 1 N–H and O–H groups in total. The highest BCUT2D eigenvalue weighted by Gasteiger charge is 2.19. The average molecular weight is 347 g/mol. The van der Waals surface area contributed by atoms with Crippen LogP contribution in [0.4, 0.5) is 4.79 Å². The summed E-state index contributed by atoms with van der Waals surface area (Å²) in [5.41, 5.74) is 0. The third-order valence-electron chi connectivity index (χ3n) is 1.22. The van der Waals surface area contributed by atoms with E-state index in [1.807, 2.05) is 0 Å². The van der Waals surface area contributed by atoms with E-state index in [-0.39, 0.29) is 11.7 Å². The van der Waals surface area contributed by atoms with E-state index in [0.29, 0.717) is 0 Å². The van der Waals surface area contributed by atoms with Crippen molar-refractivity contribution in [2.24, 2.45) is 0 Å². The van der Waals surface area contributed by atoms with E-state index in [1.54, 1.807) is 0 Å². The molecule has 0 unspecified atom stereocenters. The van der Waals surface area contributed by atoms with Crippen molar-refractivity contribution < 1.29 is 23.9 Å². The van der Waals surface area contributed by atoms with Crippen molar-refractivity contribution in [2.45, 2.75) is 13.0 Å². The SMILES string of the molecule is CC(=O)N[C@@H](CS)C(=O)OCOC(=O)I. The largest absolute Gasteiger partial charge is 0.426 e. The van der Waals surface area contributed by atoms with Crippen LogP contribution in [-0.2, 0) is 19.1 Å². The van der Waals surface area contributed by atoms with Gasteiger partial charge in [0.05, 0.1) is 22.6 Å². The Morgan fingerprint density at radius 3 is 2.40 bits per heavy atom. The second-order valence-electron chi connectivity index (χ2n) is 2.40. The normalized spacial score (nSPS) is 11.4. The molecule has 15 heavy (non-hydrogen) atoms. The minimum Gasteiger partial charge on any atom is -0.426 e. The molecule has 0 aliphatic rings. The first kappa shape index (κ1) is 14.5. The van der Waals surface area contributed by atoms with Crippen LogP contribution >= 0.6 is 35.2 Å². The predicted octanol–water partition coefficient (Wildman–Crippen LogP) is 0.493. The standard InChI is InChI=1S/C7H10INO5S/c1-4(10)9-5(2-15)6(11)13-3-14-7(8)12/h5,15H,2-3H2,1H3,(H,9,10)/t5-/m0/s1. The maximum atomic E-state index is 11.2. The van der Waals surface area contributed by atoms with E-state index in [2.05, 4.69) is 27.4 Å². The van der Waals surface area contributed by atoms with E-state index in [1.165, 1.54) is 29.5 Å². The third kappa shape index (κ3) is 7.42. The van der Waals surface area contributed by atoms with Crippen LogP contribution < -0.4 is 5.32 Å². The van der Waals surface area contributed by atoms with Gasteiger partial charge in [0.1, 0.15) is 6.04 Å². The van der Waals surface area contributed by atoms with Crippen molar-refractivity contribution >= 4 is 51.1 Å². The van der Waals surface area contributed by atoms with Gasteiger partial charge in [0.15, 0.2) is 0 Å². The number of ether oxygens (including phenoxy) is 2. The summed E-state index contributed by atoms with van der Waals surface area (Å²) < 4.78 is 8.35. The Balaban J connectivity index is 3.93. The number of hydrogen-bond donors (Lipinski definition) is 2. The molecule has 0 fully saturated rings. The first-order valence-corrected chi connectivity index (χ1v) is 5.55. The van der Waals surface area contributed by atoms with Crippen LogP contribution in [0.2, 0.25) is 0 Å². The molecule has 8 heteroatoms. The first-order chi connectivity index (χ1) is 6.97. The molecular formula is C7H10INO5S. The van der Waals surface area contributed by atoms with Crippen molar-refractivity contribution in [3.05, 3.63) is 0 Å².